The number of halogens is 1. The van der Waals surface area contributed by atoms with E-state index >= 15 is 0 Å². The number of carbonyl (C=O) groups excluding carboxylic acids is 2. The lowest BCUT2D eigenvalue weighted by Gasteiger charge is -2.14. The van der Waals surface area contributed by atoms with Crippen molar-refractivity contribution in [1.29, 1.82) is 0 Å². The molecule has 3 N–H and O–H groups in total. The van der Waals surface area contributed by atoms with Crippen LogP contribution in [0.3, 0.4) is 0 Å². The Balaban J connectivity index is 2.29. The number of carbonyl (C=O) groups is 2. The maximum atomic E-state index is 12.6. The molecule has 2 amide bonds. The Morgan fingerprint density at radius 1 is 1.04 bits per heavy atom. The van der Waals surface area contributed by atoms with E-state index in [1.807, 2.05) is 0 Å². The van der Waals surface area contributed by atoms with Crippen LogP contribution in [0.25, 0.3) is 0 Å². The highest BCUT2D eigenvalue weighted by molar-refractivity contribution is 6.32. The lowest BCUT2D eigenvalue weighted by Crippen LogP contribution is -2.20. The van der Waals surface area contributed by atoms with Crippen LogP contribution in [0.2, 0.25) is 5.02 Å². The fraction of sp³-hybridized carbons (Fsp3) is 0.222. The van der Waals surface area contributed by atoms with Crippen LogP contribution in [0.5, 0.6) is 23.0 Å². The van der Waals surface area contributed by atoms with Crippen molar-refractivity contribution in [2.24, 2.45) is 5.73 Å². The minimum Gasteiger partial charge on any atom is -0.497 e. The van der Waals surface area contributed by atoms with Gasteiger partial charge >= 0.3 is 0 Å². The van der Waals surface area contributed by atoms with Crippen molar-refractivity contribution in [1.82, 2.24) is 0 Å². The molecule has 27 heavy (non-hydrogen) atoms. The van der Waals surface area contributed by atoms with E-state index < -0.39 is 11.8 Å². The van der Waals surface area contributed by atoms with Crippen LogP contribution in [0.4, 0.5) is 5.69 Å². The minimum absolute atomic E-state index is 0.0995. The SMILES string of the molecule is COc1ccc(NC(=O)c2cc(Cl)c(OCC(N)=O)c(OC)c2)c(OC)c1. The molecule has 2 aromatic carbocycles. The van der Waals surface area contributed by atoms with Crippen molar-refractivity contribution in [2.45, 2.75) is 0 Å². The summed E-state index contributed by atoms with van der Waals surface area (Å²) in [4.78, 5) is 23.5. The van der Waals surface area contributed by atoms with Crippen LogP contribution >= 0.6 is 11.6 Å². The zero-order valence-corrected chi connectivity index (χ0v) is 15.8. The molecule has 0 saturated heterocycles. The maximum absolute atomic E-state index is 12.6. The molecule has 9 heteroatoms. The van der Waals surface area contributed by atoms with E-state index in [2.05, 4.69) is 5.32 Å². The summed E-state index contributed by atoms with van der Waals surface area (Å²) in [5.74, 6) is 0.224. The molecule has 0 bridgehead atoms. The van der Waals surface area contributed by atoms with Gasteiger partial charge in [0.2, 0.25) is 0 Å². The Bertz CT molecular complexity index is 856. The first-order valence-corrected chi connectivity index (χ1v) is 8.09. The van der Waals surface area contributed by atoms with Gasteiger partial charge in [-0.2, -0.15) is 0 Å². The molecule has 0 fully saturated rings. The number of nitrogens with one attached hydrogen (secondary N) is 1. The van der Waals surface area contributed by atoms with Gasteiger partial charge in [0.1, 0.15) is 11.5 Å². The maximum Gasteiger partial charge on any atom is 0.255 e. The number of methoxy groups -OCH3 is 3. The molecule has 0 aliphatic rings. The highest BCUT2D eigenvalue weighted by Gasteiger charge is 2.18. The van der Waals surface area contributed by atoms with Crippen LogP contribution in [0.15, 0.2) is 30.3 Å². The number of amides is 2. The number of hydrogen-bond acceptors (Lipinski definition) is 6. The van der Waals surface area contributed by atoms with Gasteiger partial charge in [-0.3, -0.25) is 9.59 Å². The first-order valence-electron chi connectivity index (χ1n) is 7.71. The van der Waals surface area contributed by atoms with E-state index in [0.29, 0.717) is 17.2 Å². The van der Waals surface area contributed by atoms with Crippen LogP contribution < -0.4 is 30.0 Å². The number of ether oxygens (including phenoxy) is 4. The Hall–Kier alpha value is -3.13. The van der Waals surface area contributed by atoms with Crippen molar-refractivity contribution >= 4 is 29.1 Å². The molecule has 0 unspecified atom stereocenters. The van der Waals surface area contributed by atoms with Gasteiger partial charge in [-0.05, 0) is 24.3 Å². The second-order valence-corrected chi connectivity index (χ2v) is 5.67. The molecule has 2 aromatic rings. The van der Waals surface area contributed by atoms with Gasteiger partial charge in [0.05, 0.1) is 32.0 Å². The fourth-order valence-electron chi connectivity index (χ4n) is 2.23. The first kappa shape index (κ1) is 20.2. The Labute approximate surface area is 161 Å². The lowest BCUT2D eigenvalue weighted by molar-refractivity contribution is -0.119. The number of benzene rings is 2. The fourth-order valence-corrected chi connectivity index (χ4v) is 2.50. The second-order valence-electron chi connectivity index (χ2n) is 5.26. The van der Waals surface area contributed by atoms with Gasteiger partial charge in [0.15, 0.2) is 18.1 Å². The number of primary amides is 1. The van der Waals surface area contributed by atoms with Crippen LogP contribution in [0.1, 0.15) is 10.4 Å². The van der Waals surface area contributed by atoms with Gasteiger partial charge in [-0.1, -0.05) is 11.6 Å². The quantitative estimate of drug-likeness (QED) is 0.711. The molecular weight excluding hydrogens is 376 g/mol. The summed E-state index contributed by atoms with van der Waals surface area (Å²) >= 11 is 6.16. The van der Waals surface area contributed by atoms with Crippen LogP contribution in [-0.4, -0.2) is 39.8 Å². The normalized spacial score (nSPS) is 10.1. The van der Waals surface area contributed by atoms with E-state index in [1.54, 1.807) is 18.2 Å². The summed E-state index contributed by atoms with van der Waals surface area (Å²) in [6, 6.07) is 7.81. The summed E-state index contributed by atoms with van der Waals surface area (Å²) in [5, 5.41) is 2.83. The van der Waals surface area contributed by atoms with Crippen LogP contribution in [0, 0.1) is 0 Å². The van der Waals surface area contributed by atoms with E-state index in [4.69, 9.17) is 36.3 Å². The molecule has 0 atom stereocenters. The third-order valence-corrected chi connectivity index (χ3v) is 3.79. The Kier molecular flexibility index (Phi) is 6.73. The Morgan fingerprint density at radius 2 is 1.74 bits per heavy atom. The second kappa shape index (κ2) is 9.00. The molecule has 0 aliphatic carbocycles. The monoisotopic (exact) mass is 394 g/mol. The van der Waals surface area contributed by atoms with Crippen molar-refractivity contribution < 1.29 is 28.5 Å². The standard InChI is InChI=1S/C18H19ClN2O6/c1-24-11-4-5-13(14(8-11)25-2)21-18(23)10-6-12(19)17(15(7-10)26-3)27-9-16(20)22/h4-8H,9H2,1-3H3,(H2,20,22)(H,21,23). The molecule has 0 aliphatic heterocycles. The average Bonchev–Trinajstić information content (AvgIpc) is 2.66. The van der Waals surface area contributed by atoms with Gasteiger partial charge < -0.3 is 30.0 Å². The van der Waals surface area contributed by atoms with E-state index in [9.17, 15) is 9.59 Å². The molecule has 0 heterocycles. The topological polar surface area (TPSA) is 109 Å². The first-order chi connectivity index (χ1) is 12.9. The molecule has 8 nitrogen and oxygen atoms in total. The molecule has 0 saturated carbocycles. The summed E-state index contributed by atoms with van der Waals surface area (Å²) in [6.07, 6.45) is 0. The highest BCUT2D eigenvalue weighted by Crippen LogP contribution is 2.37. The van der Waals surface area contributed by atoms with Gasteiger partial charge in [0.25, 0.3) is 11.8 Å². The molecular formula is C18H19ClN2O6. The smallest absolute Gasteiger partial charge is 0.255 e. The highest BCUT2D eigenvalue weighted by atomic mass is 35.5. The zero-order valence-electron chi connectivity index (χ0n) is 15.0. The third-order valence-electron chi connectivity index (χ3n) is 3.51. The summed E-state index contributed by atoms with van der Waals surface area (Å²) in [7, 11) is 4.40. The number of nitrogens with two attached hydrogens (primary N) is 1. The largest absolute Gasteiger partial charge is 0.497 e. The molecule has 0 spiro atoms. The van der Waals surface area contributed by atoms with Crippen LogP contribution in [-0.2, 0) is 4.79 Å². The molecule has 2 rings (SSSR count). The minimum atomic E-state index is -0.665. The van der Waals surface area contributed by atoms with Gasteiger partial charge in [0, 0.05) is 11.6 Å². The predicted octanol–water partition coefficient (Wildman–Crippen LogP) is 2.48. The van der Waals surface area contributed by atoms with Crippen molar-refractivity contribution in [3.05, 3.63) is 40.9 Å². The number of hydrogen-bond donors (Lipinski definition) is 2. The zero-order chi connectivity index (χ0) is 20.0. The third kappa shape index (κ3) is 4.95. The van der Waals surface area contributed by atoms with Crippen molar-refractivity contribution in [3.63, 3.8) is 0 Å². The lowest BCUT2D eigenvalue weighted by atomic mass is 10.1. The van der Waals surface area contributed by atoms with Crippen molar-refractivity contribution in [3.8, 4) is 23.0 Å². The summed E-state index contributed by atoms with van der Waals surface area (Å²) in [6.45, 7) is -0.370. The molecule has 144 valence electrons. The number of rotatable bonds is 8. The van der Waals surface area contributed by atoms with E-state index in [0.717, 1.165) is 0 Å². The van der Waals surface area contributed by atoms with Gasteiger partial charge in [-0.25, -0.2) is 0 Å². The molecule has 0 aromatic heterocycles. The Morgan fingerprint density at radius 3 is 2.33 bits per heavy atom. The number of anilines is 1. The summed E-state index contributed by atoms with van der Waals surface area (Å²) < 4.78 is 20.8. The average molecular weight is 395 g/mol. The van der Waals surface area contributed by atoms with E-state index in [-0.39, 0.29) is 28.7 Å². The summed E-state index contributed by atoms with van der Waals surface area (Å²) in [5.41, 5.74) is 5.74. The molecule has 0 radical (unpaired) electrons. The van der Waals surface area contributed by atoms with Gasteiger partial charge in [-0.15, -0.1) is 0 Å². The van der Waals surface area contributed by atoms with Crippen molar-refractivity contribution in [2.75, 3.05) is 33.3 Å². The predicted molar refractivity (Wildman–Crippen MR) is 100 cm³/mol. The van der Waals surface area contributed by atoms with E-state index in [1.165, 1.54) is 33.5 Å².